The molecule has 1 aliphatic rings. The van der Waals surface area contributed by atoms with Crippen LogP contribution in [-0.4, -0.2) is 62.2 Å². The lowest BCUT2D eigenvalue weighted by atomic mass is 10.2. The molecule has 0 spiro atoms. The Morgan fingerprint density at radius 2 is 1.72 bits per heavy atom. The van der Waals surface area contributed by atoms with Gasteiger partial charge in [0.15, 0.2) is 0 Å². The van der Waals surface area contributed by atoms with E-state index in [-0.39, 0.29) is 23.3 Å². The molecule has 1 aromatic rings. The Morgan fingerprint density at radius 3 is 2.24 bits per heavy atom. The van der Waals surface area contributed by atoms with E-state index in [0.29, 0.717) is 31.7 Å². The van der Waals surface area contributed by atoms with E-state index in [1.807, 2.05) is 6.92 Å². The van der Waals surface area contributed by atoms with Gasteiger partial charge in [-0.1, -0.05) is 0 Å². The maximum Gasteiger partial charge on any atom is 0.254 e. The van der Waals surface area contributed by atoms with Gasteiger partial charge in [-0.2, -0.15) is 4.31 Å². The minimum Gasteiger partial charge on any atom is -0.355 e. The summed E-state index contributed by atoms with van der Waals surface area (Å²) < 4.78 is 26.5. The number of rotatable bonds is 7. The number of sulfonamides is 1. The first-order valence-electron chi connectivity index (χ1n) is 8.56. The molecule has 1 aromatic carbocycles. The average Bonchev–Trinajstić information content (AvgIpc) is 3.15. The number of amides is 2. The van der Waals surface area contributed by atoms with Crippen LogP contribution in [-0.2, 0) is 14.8 Å². The third-order valence-corrected chi connectivity index (χ3v) is 6.09. The SMILES string of the molecule is CCNC(=O)CN(CC)C(=O)c1ccc(S(=O)(=O)N2CCCC2)cc1. The Balaban J connectivity index is 2.12. The fourth-order valence-electron chi connectivity index (χ4n) is 2.78. The highest BCUT2D eigenvalue weighted by atomic mass is 32.2. The summed E-state index contributed by atoms with van der Waals surface area (Å²) in [4.78, 5) is 25.8. The number of carbonyl (C=O) groups excluding carboxylic acids is 2. The molecule has 1 saturated heterocycles. The molecule has 0 saturated carbocycles. The third kappa shape index (κ3) is 4.58. The van der Waals surface area contributed by atoms with E-state index in [2.05, 4.69) is 5.32 Å². The van der Waals surface area contributed by atoms with Crippen molar-refractivity contribution in [1.29, 1.82) is 0 Å². The minimum atomic E-state index is -3.49. The Morgan fingerprint density at radius 1 is 1.12 bits per heavy atom. The minimum absolute atomic E-state index is 0.0169. The smallest absolute Gasteiger partial charge is 0.254 e. The maximum atomic E-state index is 12.5. The van der Waals surface area contributed by atoms with Gasteiger partial charge in [-0.3, -0.25) is 9.59 Å². The lowest BCUT2D eigenvalue weighted by Crippen LogP contribution is -2.40. The number of hydrogen-bond acceptors (Lipinski definition) is 4. The molecule has 2 rings (SSSR count). The number of nitrogens with one attached hydrogen (secondary N) is 1. The van der Waals surface area contributed by atoms with E-state index in [4.69, 9.17) is 0 Å². The lowest BCUT2D eigenvalue weighted by Gasteiger charge is -2.20. The number of carbonyl (C=O) groups is 2. The number of nitrogens with zero attached hydrogens (tertiary/aromatic N) is 2. The third-order valence-electron chi connectivity index (χ3n) is 4.18. The molecule has 7 nitrogen and oxygen atoms in total. The van der Waals surface area contributed by atoms with Crippen molar-refractivity contribution in [2.45, 2.75) is 31.6 Å². The standard InChI is InChI=1S/C17H25N3O4S/c1-3-18-16(21)13-19(4-2)17(22)14-7-9-15(10-8-14)25(23,24)20-11-5-6-12-20/h7-10H,3-6,11-13H2,1-2H3,(H,18,21). The van der Waals surface area contributed by atoms with Crippen molar-refractivity contribution in [3.63, 3.8) is 0 Å². The molecule has 0 aliphatic carbocycles. The van der Waals surface area contributed by atoms with E-state index in [1.165, 1.54) is 33.5 Å². The van der Waals surface area contributed by atoms with Gasteiger partial charge in [0.2, 0.25) is 15.9 Å². The van der Waals surface area contributed by atoms with Crippen molar-refractivity contribution < 1.29 is 18.0 Å². The Bertz CT molecular complexity index is 710. The van der Waals surface area contributed by atoms with Gasteiger partial charge in [-0.15, -0.1) is 0 Å². The molecule has 1 N–H and O–H groups in total. The molecule has 1 heterocycles. The van der Waals surface area contributed by atoms with Crippen LogP contribution in [0.3, 0.4) is 0 Å². The van der Waals surface area contributed by atoms with Crippen molar-refractivity contribution in [1.82, 2.24) is 14.5 Å². The lowest BCUT2D eigenvalue weighted by molar-refractivity contribution is -0.121. The zero-order valence-electron chi connectivity index (χ0n) is 14.7. The molecular weight excluding hydrogens is 342 g/mol. The Kier molecular flexibility index (Phi) is 6.55. The zero-order chi connectivity index (χ0) is 18.4. The van der Waals surface area contributed by atoms with Gasteiger partial charge in [0, 0.05) is 31.7 Å². The summed E-state index contributed by atoms with van der Waals surface area (Å²) in [6.07, 6.45) is 1.75. The number of likely N-dealkylation sites (N-methyl/N-ethyl adjacent to an activating group) is 2. The topological polar surface area (TPSA) is 86.8 Å². The first-order valence-corrected chi connectivity index (χ1v) is 10.00. The molecule has 1 aliphatic heterocycles. The molecular formula is C17H25N3O4S. The summed E-state index contributed by atoms with van der Waals surface area (Å²) in [5.74, 6) is -0.509. The predicted molar refractivity (Wildman–Crippen MR) is 94.7 cm³/mol. The Labute approximate surface area is 149 Å². The summed E-state index contributed by atoms with van der Waals surface area (Å²) in [7, 11) is -3.49. The van der Waals surface area contributed by atoms with Crippen LogP contribution in [0.15, 0.2) is 29.2 Å². The molecule has 8 heteroatoms. The zero-order valence-corrected chi connectivity index (χ0v) is 15.5. The molecule has 0 bridgehead atoms. The van der Waals surface area contributed by atoms with Crippen LogP contribution >= 0.6 is 0 Å². The normalized spacial score (nSPS) is 15.1. The van der Waals surface area contributed by atoms with Crippen LogP contribution in [0.1, 0.15) is 37.0 Å². The van der Waals surface area contributed by atoms with Gasteiger partial charge in [-0.25, -0.2) is 8.42 Å². The van der Waals surface area contributed by atoms with E-state index < -0.39 is 10.0 Å². The van der Waals surface area contributed by atoms with Crippen molar-refractivity contribution >= 4 is 21.8 Å². The second-order valence-electron chi connectivity index (χ2n) is 5.91. The van der Waals surface area contributed by atoms with Crippen molar-refractivity contribution in [3.05, 3.63) is 29.8 Å². The van der Waals surface area contributed by atoms with Gasteiger partial charge >= 0.3 is 0 Å². The average molecular weight is 367 g/mol. The van der Waals surface area contributed by atoms with Gasteiger partial charge in [0.1, 0.15) is 0 Å². The van der Waals surface area contributed by atoms with Crippen LogP contribution in [0.2, 0.25) is 0 Å². The van der Waals surface area contributed by atoms with E-state index >= 15 is 0 Å². The van der Waals surface area contributed by atoms with E-state index in [1.54, 1.807) is 6.92 Å². The molecule has 0 unspecified atom stereocenters. The molecule has 138 valence electrons. The fraction of sp³-hybridized carbons (Fsp3) is 0.529. The predicted octanol–water partition coefficient (Wildman–Crippen LogP) is 1.07. The second-order valence-corrected chi connectivity index (χ2v) is 7.85. The summed E-state index contributed by atoms with van der Waals surface area (Å²) in [6, 6.07) is 5.93. The molecule has 0 aromatic heterocycles. The summed E-state index contributed by atoms with van der Waals surface area (Å²) >= 11 is 0. The van der Waals surface area contributed by atoms with Crippen molar-refractivity contribution in [2.75, 3.05) is 32.7 Å². The highest BCUT2D eigenvalue weighted by Crippen LogP contribution is 2.21. The molecule has 1 fully saturated rings. The molecule has 2 amide bonds. The highest BCUT2D eigenvalue weighted by Gasteiger charge is 2.27. The van der Waals surface area contributed by atoms with Gasteiger partial charge in [-0.05, 0) is 51.0 Å². The second kappa shape index (κ2) is 8.44. The summed E-state index contributed by atoms with van der Waals surface area (Å²) in [5, 5.41) is 2.66. The van der Waals surface area contributed by atoms with Crippen LogP contribution < -0.4 is 5.32 Å². The number of hydrogen-bond donors (Lipinski definition) is 1. The number of benzene rings is 1. The van der Waals surface area contributed by atoms with Crippen LogP contribution in [0.25, 0.3) is 0 Å². The van der Waals surface area contributed by atoms with Gasteiger partial charge < -0.3 is 10.2 Å². The van der Waals surface area contributed by atoms with Crippen molar-refractivity contribution in [3.8, 4) is 0 Å². The monoisotopic (exact) mass is 367 g/mol. The first kappa shape index (κ1) is 19.4. The van der Waals surface area contributed by atoms with Gasteiger partial charge in [0.25, 0.3) is 5.91 Å². The van der Waals surface area contributed by atoms with Crippen molar-refractivity contribution in [2.24, 2.45) is 0 Å². The first-order chi connectivity index (χ1) is 11.9. The largest absolute Gasteiger partial charge is 0.355 e. The van der Waals surface area contributed by atoms with E-state index in [0.717, 1.165) is 12.8 Å². The maximum absolute atomic E-state index is 12.5. The van der Waals surface area contributed by atoms with E-state index in [9.17, 15) is 18.0 Å². The highest BCUT2D eigenvalue weighted by molar-refractivity contribution is 7.89. The molecule has 0 radical (unpaired) electrons. The van der Waals surface area contributed by atoms with Gasteiger partial charge in [0.05, 0.1) is 11.4 Å². The van der Waals surface area contributed by atoms with Crippen LogP contribution in [0, 0.1) is 0 Å². The molecule has 25 heavy (non-hydrogen) atoms. The van der Waals surface area contributed by atoms with Crippen LogP contribution in [0.4, 0.5) is 0 Å². The summed E-state index contributed by atoms with van der Waals surface area (Å²) in [6.45, 7) is 5.58. The Hall–Kier alpha value is -1.93. The quantitative estimate of drug-likeness (QED) is 0.781. The summed E-state index contributed by atoms with van der Waals surface area (Å²) in [5.41, 5.74) is 0.367. The van der Waals surface area contributed by atoms with Crippen LogP contribution in [0.5, 0.6) is 0 Å². The fourth-order valence-corrected chi connectivity index (χ4v) is 4.30. The molecule has 0 atom stereocenters.